The molecule has 1 aromatic rings. The smallest absolute Gasteiger partial charge is 0.406 e. The number of hydrogen-bond acceptors (Lipinski definition) is 5. The number of rotatable bonds is 6. The van der Waals surface area contributed by atoms with Crippen LogP contribution in [0.3, 0.4) is 0 Å². The summed E-state index contributed by atoms with van der Waals surface area (Å²) in [6.07, 6.45) is -3.35. The van der Waals surface area contributed by atoms with Crippen LogP contribution in [0.5, 0.6) is 5.75 Å². The summed E-state index contributed by atoms with van der Waals surface area (Å²) < 4.78 is 45.9. The Balaban J connectivity index is 2.09. The van der Waals surface area contributed by atoms with Gasteiger partial charge in [0, 0.05) is 50.7 Å². The number of nitrogens with zero attached hydrogens (tertiary/aromatic N) is 1. The summed E-state index contributed by atoms with van der Waals surface area (Å²) in [5.74, 6) is 0.0665. The third kappa shape index (κ3) is 6.23. The molecule has 9 heteroatoms. The van der Waals surface area contributed by atoms with Gasteiger partial charge in [-0.05, 0) is 31.2 Å². The molecular weight excluding hydrogens is 349 g/mol. The quantitative estimate of drug-likeness (QED) is 0.529. The maximum atomic E-state index is 12.2. The number of piperazine rings is 1. The van der Waals surface area contributed by atoms with Gasteiger partial charge in [0.05, 0.1) is 6.10 Å². The molecule has 1 fully saturated rings. The second kappa shape index (κ2) is 8.91. The normalized spacial score (nSPS) is 17.0. The van der Waals surface area contributed by atoms with E-state index in [-0.39, 0.29) is 11.9 Å². The van der Waals surface area contributed by atoms with Crippen LogP contribution in [0.4, 0.5) is 18.9 Å². The van der Waals surface area contributed by atoms with Crippen LogP contribution in [-0.2, 0) is 4.74 Å². The van der Waals surface area contributed by atoms with E-state index in [1.54, 1.807) is 13.2 Å². The Bertz CT molecular complexity index is 626. The fraction of sp³-hybridized carbons (Fsp3) is 0.471. The molecular formula is C17H23F3N4O2. The standard InChI is InChI=1S/C17H23F3N4O2/c1-12(25-2)15(11-16(21)24-9-7-22-8-10-24)23-13-3-5-14(6-4-13)26-17(18,19)20/h3-6,11-12,21-23H,7-10H2,1-2H3/b15-11-,21-16?. The van der Waals surface area contributed by atoms with Crippen molar-refractivity contribution in [1.29, 1.82) is 5.41 Å². The first-order valence-electron chi connectivity index (χ1n) is 8.20. The predicted molar refractivity (Wildman–Crippen MR) is 93.5 cm³/mol. The minimum Gasteiger partial charge on any atom is -0.406 e. The third-order valence-electron chi connectivity index (χ3n) is 3.92. The highest BCUT2D eigenvalue weighted by molar-refractivity contribution is 5.91. The summed E-state index contributed by atoms with van der Waals surface area (Å²) in [7, 11) is 1.55. The minimum absolute atomic E-state index is 0.290. The zero-order chi connectivity index (χ0) is 19.2. The molecule has 0 aromatic heterocycles. The third-order valence-corrected chi connectivity index (χ3v) is 3.92. The number of anilines is 1. The molecule has 3 N–H and O–H groups in total. The van der Waals surface area contributed by atoms with Gasteiger partial charge in [-0.2, -0.15) is 0 Å². The van der Waals surface area contributed by atoms with Crippen molar-refractivity contribution in [3.05, 3.63) is 36.0 Å². The Morgan fingerprint density at radius 2 is 1.88 bits per heavy atom. The maximum absolute atomic E-state index is 12.2. The number of ether oxygens (including phenoxy) is 2. The van der Waals surface area contributed by atoms with Gasteiger partial charge in [-0.15, -0.1) is 13.2 Å². The summed E-state index contributed by atoms with van der Waals surface area (Å²) in [6.45, 7) is 4.95. The van der Waals surface area contributed by atoms with E-state index in [0.29, 0.717) is 17.2 Å². The zero-order valence-electron chi connectivity index (χ0n) is 14.7. The van der Waals surface area contributed by atoms with E-state index in [9.17, 15) is 13.2 Å². The van der Waals surface area contributed by atoms with Crippen LogP contribution in [0.2, 0.25) is 0 Å². The van der Waals surface area contributed by atoms with Crippen molar-refractivity contribution in [3.8, 4) is 5.75 Å². The first-order valence-corrected chi connectivity index (χ1v) is 8.20. The minimum atomic E-state index is -4.72. The monoisotopic (exact) mass is 372 g/mol. The van der Waals surface area contributed by atoms with E-state index in [1.165, 1.54) is 24.3 Å². The number of benzene rings is 1. The van der Waals surface area contributed by atoms with Gasteiger partial charge in [0.15, 0.2) is 0 Å². The van der Waals surface area contributed by atoms with Crippen molar-refractivity contribution in [3.63, 3.8) is 0 Å². The number of methoxy groups -OCH3 is 1. The van der Waals surface area contributed by atoms with Crippen LogP contribution in [-0.4, -0.2) is 56.5 Å². The summed E-state index contributed by atoms with van der Waals surface area (Å²) >= 11 is 0. The summed E-state index contributed by atoms with van der Waals surface area (Å²) in [4.78, 5) is 1.95. The summed E-state index contributed by atoms with van der Waals surface area (Å²) in [6, 6.07) is 5.41. The van der Waals surface area contributed by atoms with Gasteiger partial charge in [0.2, 0.25) is 0 Å². The van der Waals surface area contributed by atoms with Gasteiger partial charge in [0.1, 0.15) is 11.6 Å². The van der Waals surface area contributed by atoms with Crippen molar-refractivity contribution in [2.75, 3.05) is 38.6 Å². The number of nitrogens with one attached hydrogen (secondary N) is 3. The lowest BCUT2D eigenvalue weighted by Crippen LogP contribution is -2.45. The molecule has 0 radical (unpaired) electrons. The molecule has 144 valence electrons. The van der Waals surface area contributed by atoms with Crippen LogP contribution in [0.1, 0.15) is 6.92 Å². The predicted octanol–water partition coefficient (Wildman–Crippen LogP) is 2.80. The van der Waals surface area contributed by atoms with Crippen molar-refractivity contribution in [2.24, 2.45) is 0 Å². The Hall–Kier alpha value is -2.26. The van der Waals surface area contributed by atoms with Crippen molar-refractivity contribution in [2.45, 2.75) is 19.4 Å². The lowest BCUT2D eigenvalue weighted by molar-refractivity contribution is -0.274. The molecule has 0 aliphatic carbocycles. The number of halogens is 3. The highest BCUT2D eigenvalue weighted by atomic mass is 19.4. The maximum Gasteiger partial charge on any atom is 0.573 e. The van der Waals surface area contributed by atoms with Crippen LogP contribution < -0.4 is 15.4 Å². The van der Waals surface area contributed by atoms with Crippen LogP contribution in [0.25, 0.3) is 0 Å². The molecule has 26 heavy (non-hydrogen) atoms. The van der Waals surface area contributed by atoms with E-state index in [1.807, 2.05) is 11.8 Å². The highest BCUT2D eigenvalue weighted by Crippen LogP contribution is 2.24. The van der Waals surface area contributed by atoms with E-state index < -0.39 is 6.36 Å². The average molecular weight is 372 g/mol. The second-order valence-corrected chi connectivity index (χ2v) is 5.80. The van der Waals surface area contributed by atoms with Crippen LogP contribution >= 0.6 is 0 Å². The Labute approximate surface area is 150 Å². The number of alkyl halides is 3. The Morgan fingerprint density at radius 1 is 1.27 bits per heavy atom. The van der Waals surface area contributed by atoms with Gasteiger partial charge in [-0.3, -0.25) is 5.41 Å². The Morgan fingerprint density at radius 3 is 2.42 bits per heavy atom. The van der Waals surface area contributed by atoms with Crippen molar-refractivity contribution in [1.82, 2.24) is 10.2 Å². The van der Waals surface area contributed by atoms with Gasteiger partial charge >= 0.3 is 6.36 Å². The molecule has 1 aromatic carbocycles. The molecule has 0 saturated carbocycles. The number of hydrogen-bond donors (Lipinski definition) is 3. The molecule has 1 aliphatic rings. The van der Waals surface area contributed by atoms with E-state index in [4.69, 9.17) is 10.1 Å². The fourth-order valence-corrected chi connectivity index (χ4v) is 2.43. The molecule has 1 atom stereocenters. The first-order chi connectivity index (χ1) is 12.3. The molecule has 1 aliphatic heterocycles. The van der Waals surface area contributed by atoms with E-state index in [0.717, 1.165) is 26.2 Å². The van der Waals surface area contributed by atoms with Gasteiger partial charge in [-0.1, -0.05) is 0 Å². The SMILES string of the molecule is COC(C)/C(=C/C(=N)N1CCNCC1)Nc1ccc(OC(F)(F)F)cc1. The zero-order valence-corrected chi connectivity index (χ0v) is 14.7. The van der Waals surface area contributed by atoms with Gasteiger partial charge in [0.25, 0.3) is 0 Å². The highest BCUT2D eigenvalue weighted by Gasteiger charge is 2.31. The average Bonchev–Trinajstić information content (AvgIpc) is 2.61. The molecule has 6 nitrogen and oxygen atoms in total. The Kier molecular flexibility index (Phi) is 6.87. The molecule has 0 bridgehead atoms. The fourth-order valence-electron chi connectivity index (χ4n) is 2.43. The van der Waals surface area contributed by atoms with Crippen molar-refractivity contribution < 1.29 is 22.6 Å². The van der Waals surface area contributed by atoms with Gasteiger partial charge in [-0.25, -0.2) is 0 Å². The molecule has 1 saturated heterocycles. The first kappa shape index (κ1) is 20.1. The summed E-state index contributed by atoms with van der Waals surface area (Å²) in [5, 5.41) is 14.6. The molecule has 0 amide bonds. The van der Waals surface area contributed by atoms with Crippen molar-refractivity contribution >= 4 is 11.5 Å². The lowest BCUT2D eigenvalue weighted by atomic mass is 10.2. The van der Waals surface area contributed by atoms with Crippen LogP contribution in [0.15, 0.2) is 36.0 Å². The van der Waals surface area contributed by atoms with Gasteiger partial charge < -0.3 is 25.0 Å². The van der Waals surface area contributed by atoms with Crippen LogP contribution in [0, 0.1) is 5.41 Å². The molecule has 1 unspecified atom stereocenters. The van der Waals surface area contributed by atoms with E-state index >= 15 is 0 Å². The lowest BCUT2D eigenvalue weighted by Gasteiger charge is -2.29. The molecule has 1 heterocycles. The number of amidine groups is 1. The second-order valence-electron chi connectivity index (χ2n) is 5.80. The molecule has 0 spiro atoms. The molecule has 2 rings (SSSR count). The largest absolute Gasteiger partial charge is 0.573 e. The van der Waals surface area contributed by atoms with E-state index in [2.05, 4.69) is 15.4 Å². The summed E-state index contributed by atoms with van der Waals surface area (Å²) in [5.41, 5.74) is 1.21. The topological polar surface area (TPSA) is 69.6 Å².